The molecule has 0 atom stereocenters. The number of likely N-dealkylation sites (tertiary alicyclic amines) is 1. The molecule has 8 heteroatoms. The quantitative estimate of drug-likeness (QED) is 0.712. The van der Waals surface area contributed by atoms with Crippen LogP contribution >= 0.6 is 0 Å². The lowest BCUT2D eigenvalue weighted by atomic mass is 9.96. The lowest BCUT2D eigenvalue weighted by Gasteiger charge is -2.34. The summed E-state index contributed by atoms with van der Waals surface area (Å²) < 4.78 is 16.4. The first-order chi connectivity index (χ1) is 14.5. The number of ether oxygens (including phenoxy) is 2. The molecular formula is C22H29N3O5. The Labute approximate surface area is 175 Å². The first kappa shape index (κ1) is 20.7. The fourth-order valence-electron chi connectivity index (χ4n) is 4.56. The molecule has 1 amide bonds. The van der Waals surface area contributed by atoms with E-state index in [0.717, 1.165) is 68.5 Å². The van der Waals surface area contributed by atoms with E-state index in [-0.39, 0.29) is 17.5 Å². The van der Waals surface area contributed by atoms with Gasteiger partial charge in [-0.25, -0.2) is 4.79 Å². The van der Waals surface area contributed by atoms with Gasteiger partial charge >= 0.3 is 5.63 Å². The van der Waals surface area contributed by atoms with Crippen molar-refractivity contribution in [2.45, 2.75) is 25.8 Å². The smallest absolute Gasteiger partial charge is 0.341 e. The van der Waals surface area contributed by atoms with Gasteiger partial charge in [0.05, 0.1) is 19.8 Å². The van der Waals surface area contributed by atoms with Crippen molar-refractivity contribution in [1.82, 2.24) is 9.80 Å². The van der Waals surface area contributed by atoms with Gasteiger partial charge in [-0.05, 0) is 44.0 Å². The van der Waals surface area contributed by atoms with Crippen LogP contribution in [0, 0.1) is 5.92 Å². The molecule has 0 saturated carbocycles. The Morgan fingerprint density at radius 3 is 2.40 bits per heavy atom. The minimum absolute atomic E-state index is 0.0108. The minimum Gasteiger partial charge on any atom is -0.493 e. The second kappa shape index (κ2) is 8.65. The topological polar surface area (TPSA) is 98.2 Å². The summed E-state index contributed by atoms with van der Waals surface area (Å²) in [5, 5.41) is 0.912. The van der Waals surface area contributed by atoms with Gasteiger partial charge in [0.25, 0.3) is 0 Å². The molecule has 1 aromatic heterocycles. The zero-order chi connectivity index (χ0) is 21.3. The third-order valence-corrected chi connectivity index (χ3v) is 6.41. The third-order valence-electron chi connectivity index (χ3n) is 6.41. The van der Waals surface area contributed by atoms with E-state index in [0.29, 0.717) is 23.6 Å². The van der Waals surface area contributed by atoms with E-state index in [4.69, 9.17) is 19.6 Å². The van der Waals surface area contributed by atoms with Gasteiger partial charge in [-0.2, -0.15) is 0 Å². The number of fused-ring (bicyclic) bond motifs is 3. The number of rotatable bonds is 6. The maximum absolute atomic E-state index is 12.7. The van der Waals surface area contributed by atoms with Crippen LogP contribution in [0.25, 0.3) is 11.0 Å². The fourth-order valence-corrected chi connectivity index (χ4v) is 4.56. The van der Waals surface area contributed by atoms with Gasteiger partial charge in [-0.15, -0.1) is 0 Å². The molecule has 1 fully saturated rings. The van der Waals surface area contributed by atoms with Crippen LogP contribution in [0.15, 0.2) is 21.3 Å². The first-order valence-corrected chi connectivity index (χ1v) is 10.4. The normalized spacial score (nSPS) is 18.3. The molecule has 4 rings (SSSR count). The number of primary amides is 1. The summed E-state index contributed by atoms with van der Waals surface area (Å²) in [5.41, 5.74) is 7.44. The third kappa shape index (κ3) is 4.02. The van der Waals surface area contributed by atoms with E-state index in [1.807, 2.05) is 6.07 Å². The van der Waals surface area contributed by atoms with Crippen molar-refractivity contribution in [3.63, 3.8) is 0 Å². The monoisotopic (exact) mass is 415 g/mol. The van der Waals surface area contributed by atoms with E-state index in [1.54, 1.807) is 20.3 Å². The van der Waals surface area contributed by atoms with Crippen LogP contribution < -0.4 is 20.8 Å². The number of benzene rings is 1. The number of carbonyl (C=O) groups is 1. The number of nitrogens with two attached hydrogens (primary N) is 1. The Hall–Kier alpha value is -2.58. The van der Waals surface area contributed by atoms with Crippen molar-refractivity contribution in [3.05, 3.63) is 33.7 Å². The Morgan fingerprint density at radius 2 is 1.73 bits per heavy atom. The van der Waals surface area contributed by atoms with Gasteiger partial charge < -0.3 is 24.5 Å². The molecule has 0 radical (unpaired) electrons. The van der Waals surface area contributed by atoms with Crippen molar-refractivity contribution in [1.29, 1.82) is 0 Å². The second-order valence-corrected chi connectivity index (χ2v) is 8.09. The van der Waals surface area contributed by atoms with E-state index in [1.165, 1.54) is 0 Å². The molecule has 1 aromatic carbocycles. The highest BCUT2D eigenvalue weighted by molar-refractivity contribution is 5.85. The lowest BCUT2D eigenvalue weighted by Crippen LogP contribution is -2.43. The fraction of sp³-hybridized carbons (Fsp3) is 0.545. The Bertz CT molecular complexity index is 994. The van der Waals surface area contributed by atoms with Crippen LogP contribution in [0.5, 0.6) is 11.5 Å². The molecule has 0 bridgehead atoms. The molecule has 30 heavy (non-hydrogen) atoms. The number of hydrogen-bond acceptors (Lipinski definition) is 7. The molecule has 2 aliphatic heterocycles. The average molecular weight is 415 g/mol. The van der Waals surface area contributed by atoms with Crippen molar-refractivity contribution in [2.75, 3.05) is 46.9 Å². The molecule has 1 saturated heterocycles. The van der Waals surface area contributed by atoms with Gasteiger partial charge in [0.2, 0.25) is 5.91 Å². The van der Waals surface area contributed by atoms with Crippen LogP contribution in [-0.2, 0) is 17.8 Å². The summed E-state index contributed by atoms with van der Waals surface area (Å²) in [4.78, 5) is 28.7. The molecule has 8 nitrogen and oxygen atoms in total. The summed E-state index contributed by atoms with van der Waals surface area (Å²) in [7, 11) is 3.16. The lowest BCUT2D eigenvalue weighted by molar-refractivity contribution is -0.123. The maximum Gasteiger partial charge on any atom is 0.341 e. The summed E-state index contributed by atoms with van der Waals surface area (Å²) in [6, 6.07) is 3.62. The summed E-state index contributed by atoms with van der Waals surface area (Å²) in [5.74, 6) is 1.00. The Morgan fingerprint density at radius 1 is 1.07 bits per heavy atom. The Kier molecular flexibility index (Phi) is 5.97. The van der Waals surface area contributed by atoms with Crippen LogP contribution in [-0.4, -0.2) is 62.7 Å². The van der Waals surface area contributed by atoms with Gasteiger partial charge in [-0.1, -0.05) is 0 Å². The van der Waals surface area contributed by atoms with Crippen LogP contribution in [0.1, 0.15) is 24.0 Å². The molecule has 0 spiro atoms. The average Bonchev–Trinajstić information content (AvgIpc) is 2.77. The van der Waals surface area contributed by atoms with Crippen molar-refractivity contribution in [3.8, 4) is 11.5 Å². The molecule has 162 valence electrons. The standard InChI is InChI=1S/C22H29N3O5/c1-28-19-11-16-15-5-8-25(10-9-24-6-3-14(4-7-24)21(23)26)13-17(15)22(27)30-18(16)12-20(19)29-2/h11-12,14H,3-10,13H2,1-2H3,(H2,23,26). The largest absolute Gasteiger partial charge is 0.493 e. The number of piperidine rings is 1. The highest BCUT2D eigenvalue weighted by Crippen LogP contribution is 2.35. The second-order valence-electron chi connectivity index (χ2n) is 8.09. The van der Waals surface area contributed by atoms with Gasteiger partial charge in [0, 0.05) is 43.5 Å². The Balaban J connectivity index is 1.47. The summed E-state index contributed by atoms with van der Waals surface area (Å²) in [6.07, 6.45) is 2.45. The summed E-state index contributed by atoms with van der Waals surface area (Å²) >= 11 is 0. The SMILES string of the molecule is COc1cc2oc(=O)c3c(c2cc1OC)CCN(CCN1CCC(C(N)=O)CC1)C3. The van der Waals surface area contributed by atoms with Gasteiger partial charge in [-0.3, -0.25) is 9.69 Å². The molecule has 2 aromatic rings. The van der Waals surface area contributed by atoms with Crippen molar-refractivity contribution in [2.24, 2.45) is 11.7 Å². The molecule has 2 N–H and O–H groups in total. The maximum atomic E-state index is 12.7. The van der Waals surface area contributed by atoms with Crippen LogP contribution in [0.3, 0.4) is 0 Å². The highest BCUT2D eigenvalue weighted by atomic mass is 16.5. The van der Waals surface area contributed by atoms with E-state index < -0.39 is 0 Å². The molecule has 0 unspecified atom stereocenters. The van der Waals surface area contributed by atoms with Gasteiger partial charge in [0.1, 0.15) is 5.58 Å². The number of hydrogen-bond donors (Lipinski definition) is 1. The molecular weight excluding hydrogens is 386 g/mol. The predicted octanol–water partition coefficient (Wildman–Crippen LogP) is 1.37. The minimum atomic E-state index is -0.281. The van der Waals surface area contributed by atoms with Gasteiger partial charge in [0.15, 0.2) is 11.5 Å². The van der Waals surface area contributed by atoms with Crippen LogP contribution in [0.2, 0.25) is 0 Å². The van der Waals surface area contributed by atoms with E-state index in [9.17, 15) is 9.59 Å². The van der Waals surface area contributed by atoms with Crippen LogP contribution in [0.4, 0.5) is 0 Å². The number of amides is 1. The van der Waals surface area contributed by atoms with E-state index in [2.05, 4.69) is 9.80 Å². The zero-order valence-electron chi connectivity index (χ0n) is 17.6. The number of methoxy groups -OCH3 is 2. The molecule has 2 aliphatic rings. The summed E-state index contributed by atoms with van der Waals surface area (Å²) in [6.45, 7) is 5.06. The number of carbonyl (C=O) groups excluding carboxylic acids is 1. The predicted molar refractivity (Wildman–Crippen MR) is 113 cm³/mol. The molecule has 3 heterocycles. The number of nitrogens with zero attached hydrogens (tertiary/aromatic N) is 2. The highest BCUT2D eigenvalue weighted by Gasteiger charge is 2.26. The van der Waals surface area contributed by atoms with E-state index >= 15 is 0 Å². The first-order valence-electron chi connectivity index (χ1n) is 10.4. The zero-order valence-corrected chi connectivity index (χ0v) is 17.6. The van der Waals surface area contributed by atoms with Crippen molar-refractivity contribution >= 4 is 16.9 Å². The molecule has 0 aliphatic carbocycles. The van der Waals surface area contributed by atoms with Crippen molar-refractivity contribution < 1.29 is 18.7 Å².